The molecule has 1 aliphatic carbocycles. The normalized spacial score (nSPS) is 13.5. The minimum Gasteiger partial charge on any atom is -0.507 e. The number of benzene rings is 8. The van der Waals surface area contributed by atoms with Gasteiger partial charge in [0.25, 0.3) is 0 Å². The highest BCUT2D eigenvalue weighted by molar-refractivity contribution is 6.04. The summed E-state index contributed by atoms with van der Waals surface area (Å²) in [6.07, 6.45) is 1.89. The number of aryl methyl sites for hydroxylation is 1. The van der Waals surface area contributed by atoms with E-state index in [1.165, 1.54) is 27.8 Å². The molecule has 0 amide bonds. The van der Waals surface area contributed by atoms with Crippen molar-refractivity contribution in [3.8, 4) is 89.7 Å². The Labute approximate surface area is 366 Å². The Morgan fingerprint density at radius 1 is 0.500 bits per heavy atom. The largest absolute Gasteiger partial charge is 0.507 e. The van der Waals surface area contributed by atoms with Gasteiger partial charge in [-0.15, -0.1) is 0 Å². The third-order valence-electron chi connectivity index (χ3n) is 12.5. The van der Waals surface area contributed by atoms with E-state index in [-0.39, 0.29) is 16.7 Å². The third kappa shape index (κ3) is 6.14. The molecule has 4 heteroatoms. The van der Waals surface area contributed by atoms with E-state index >= 15 is 0 Å². The van der Waals surface area contributed by atoms with Crippen LogP contribution < -0.4 is 0 Å². The van der Waals surface area contributed by atoms with Gasteiger partial charge in [0.1, 0.15) is 11.6 Å². The Bertz CT molecular complexity index is 3450. The van der Waals surface area contributed by atoms with Gasteiger partial charge in [-0.3, -0.25) is 9.55 Å². The molecule has 0 saturated carbocycles. The van der Waals surface area contributed by atoms with Crippen LogP contribution in [0.3, 0.4) is 0 Å². The number of phenolic OH excluding ortho intramolecular Hbond substituents is 1. The summed E-state index contributed by atoms with van der Waals surface area (Å²) in [5.41, 5.74) is 17.5. The molecule has 2 aromatic heterocycles. The van der Waals surface area contributed by atoms with Gasteiger partial charge in [-0.1, -0.05) is 159 Å². The highest BCUT2D eigenvalue weighted by atomic mass is 16.3. The molecule has 1 aliphatic rings. The molecule has 10 aromatic rings. The van der Waals surface area contributed by atoms with Crippen molar-refractivity contribution in [2.45, 2.75) is 26.1 Å². The Kier molecular flexibility index (Phi) is 8.06. The highest BCUT2D eigenvalue weighted by Gasteiger charge is 2.38. The molecular weight excluding hydrogens is 755 g/mol. The number of hydrogen-bond donors (Lipinski definition) is 1. The van der Waals surface area contributed by atoms with Crippen LogP contribution in [0, 0.1) is 6.85 Å². The summed E-state index contributed by atoms with van der Waals surface area (Å²) in [4.78, 5) is 10.5. The van der Waals surface area contributed by atoms with Gasteiger partial charge in [0.2, 0.25) is 0 Å². The van der Waals surface area contributed by atoms with Gasteiger partial charge in [0.15, 0.2) is 0 Å². The predicted octanol–water partition coefficient (Wildman–Crippen LogP) is 14.7. The fourth-order valence-electron chi connectivity index (χ4n) is 9.41. The van der Waals surface area contributed by atoms with Crippen LogP contribution >= 0.6 is 0 Å². The SMILES string of the molecule is [2H]C([2H])([2H])c1ccc(-n2c(-c3ccccc3O)nc3c(-c4cc(-c5cc(-c6ccc(-c7ccccc7)cc6)ccn5)cc5c4-c4ccccc4C5(C)C)cccc32)c(-c2ccccc2)c1. The van der Waals surface area contributed by atoms with Crippen LogP contribution in [0.2, 0.25) is 0 Å². The number of rotatable bonds is 7. The van der Waals surface area contributed by atoms with Crippen LogP contribution in [0.1, 0.15) is 34.7 Å². The van der Waals surface area contributed by atoms with Gasteiger partial charge in [-0.05, 0) is 117 Å². The molecule has 0 radical (unpaired) electrons. The summed E-state index contributed by atoms with van der Waals surface area (Å²) < 4.78 is 27.0. The zero-order valence-electron chi connectivity index (χ0n) is 37.3. The molecule has 8 aromatic carbocycles. The predicted molar refractivity (Wildman–Crippen MR) is 255 cm³/mol. The van der Waals surface area contributed by atoms with E-state index in [1.54, 1.807) is 24.3 Å². The smallest absolute Gasteiger partial charge is 0.149 e. The molecule has 296 valence electrons. The molecule has 62 heavy (non-hydrogen) atoms. The molecule has 0 atom stereocenters. The number of hydrogen-bond acceptors (Lipinski definition) is 3. The molecule has 0 spiro atoms. The lowest BCUT2D eigenvalue weighted by Crippen LogP contribution is -2.15. The van der Waals surface area contributed by atoms with Gasteiger partial charge in [-0.25, -0.2) is 4.98 Å². The quantitative estimate of drug-likeness (QED) is 0.175. The number of imidazole rings is 1. The first-order chi connectivity index (χ1) is 31.5. The van der Waals surface area contributed by atoms with Crippen molar-refractivity contribution in [1.29, 1.82) is 0 Å². The summed E-state index contributed by atoms with van der Waals surface area (Å²) in [5, 5.41) is 11.5. The minimum absolute atomic E-state index is 0.0882. The molecule has 0 fully saturated rings. The molecular formula is C58H43N3O. The van der Waals surface area contributed by atoms with Crippen molar-refractivity contribution < 1.29 is 9.22 Å². The van der Waals surface area contributed by atoms with E-state index in [0.717, 1.165) is 66.9 Å². The lowest BCUT2D eigenvalue weighted by molar-refractivity contribution is 0.477. The van der Waals surface area contributed by atoms with Crippen LogP contribution in [0.25, 0.3) is 95.0 Å². The van der Waals surface area contributed by atoms with Crippen molar-refractivity contribution in [3.63, 3.8) is 0 Å². The van der Waals surface area contributed by atoms with Crippen molar-refractivity contribution in [2.24, 2.45) is 0 Å². The van der Waals surface area contributed by atoms with Crippen LogP contribution in [0.4, 0.5) is 0 Å². The number of para-hydroxylation sites is 2. The lowest BCUT2D eigenvalue weighted by atomic mass is 9.80. The van der Waals surface area contributed by atoms with Crippen molar-refractivity contribution in [2.75, 3.05) is 0 Å². The summed E-state index contributed by atoms with van der Waals surface area (Å²) in [6.45, 7) is 2.27. The molecule has 0 aliphatic heterocycles. The van der Waals surface area contributed by atoms with Gasteiger partial charge in [0.05, 0.1) is 28.0 Å². The van der Waals surface area contributed by atoms with E-state index in [9.17, 15) is 5.11 Å². The van der Waals surface area contributed by atoms with Gasteiger partial charge in [0, 0.05) is 32.4 Å². The zero-order chi connectivity index (χ0) is 44.5. The second-order valence-electron chi connectivity index (χ2n) is 16.5. The monoisotopic (exact) mass is 800 g/mol. The number of aromatic hydroxyl groups is 1. The van der Waals surface area contributed by atoms with Crippen LogP contribution in [-0.4, -0.2) is 19.6 Å². The van der Waals surface area contributed by atoms with Crippen molar-refractivity contribution in [3.05, 3.63) is 217 Å². The minimum atomic E-state index is -2.32. The lowest BCUT2D eigenvalue weighted by Gasteiger charge is -2.23. The second kappa shape index (κ2) is 14.7. The molecule has 11 rings (SSSR count). The number of nitrogens with zero attached hydrogens (tertiary/aromatic N) is 3. The first-order valence-corrected chi connectivity index (χ1v) is 21.0. The number of aromatic nitrogens is 3. The Balaban J connectivity index is 1.15. The van der Waals surface area contributed by atoms with E-state index < -0.39 is 6.85 Å². The molecule has 2 heterocycles. The average molecular weight is 801 g/mol. The number of pyridine rings is 1. The standard InChI is InChI=1S/C58H43N3O/c1-37-25-30-52(47(33-37)41-17-8-5-9-18-41)61-53-23-14-21-44(56(53)60-57(61)46-20-11-13-24-54(46)62)48-34-43(35-50-55(48)45-19-10-12-22-49(45)58(50,2)3)51-36-42(31-32-59-51)40-28-26-39(27-29-40)38-15-6-4-7-16-38/h4-36,62H,1-3H3/i1D3. The van der Waals surface area contributed by atoms with E-state index in [1.807, 2.05) is 60.8 Å². The first kappa shape index (κ1) is 34.0. The fourth-order valence-corrected chi connectivity index (χ4v) is 9.41. The highest BCUT2D eigenvalue weighted by Crippen LogP contribution is 2.54. The van der Waals surface area contributed by atoms with Crippen LogP contribution in [0.5, 0.6) is 5.75 Å². The molecule has 4 nitrogen and oxygen atoms in total. The van der Waals surface area contributed by atoms with Gasteiger partial charge in [-0.2, -0.15) is 0 Å². The van der Waals surface area contributed by atoms with Crippen molar-refractivity contribution in [1.82, 2.24) is 14.5 Å². The maximum atomic E-state index is 11.5. The first-order valence-electron chi connectivity index (χ1n) is 22.5. The third-order valence-corrected chi connectivity index (χ3v) is 12.5. The van der Waals surface area contributed by atoms with E-state index in [4.69, 9.17) is 14.1 Å². The molecule has 1 N–H and O–H groups in total. The average Bonchev–Trinajstić information content (AvgIpc) is 3.84. The summed E-state index contributed by atoms with van der Waals surface area (Å²) in [7, 11) is 0. The molecule has 0 unspecified atom stereocenters. The molecule has 0 bridgehead atoms. The second-order valence-corrected chi connectivity index (χ2v) is 16.5. The summed E-state index contributed by atoms with van der Waals surface area (Å²) in [6, 6.07) is 65.2. The Morgan fingerprint density at radius 3 is 1.92 bits per heavy atom. The topological polar surface area (TPSA) is 50.9 Å². The van der Waals surface area contributed by atoms with Crippen molar-refractivity contribution >= 4 is 11.0 Å². The number of phenols is 1. The number of fused-ring (bicyclic) bond motifs is 4. The van der Waals surface area contributed by atoms with E-state index in [0.29, 0.717) is 11.4 Å². The van der Waals surface area contributed by atoms with Crippen LogP contribution in [-0.2, 0) is 5.41 Å². The Hall–Kier alpha value is -7.82. The molecule has 0 saturated heterocycles. The maximum absolute atomic E-state index is 11.5. The summed E-state index contributed by atoms with van der Waals surface area (Å²) in [5.74, 6) is 0.621. The fraction of sp³-hybridized carbons (Fsp3) is 0.0690. The Morgan fingerprint density at radius 2 is 1.16 bits per heavy atom. The maximum Gasteiger partial charge on any atom is 0.149 e. The van der Waals surface area contributed by atoms with Gasteiger partial charge < -0.3 is 5.11 Å². The zero-order valence-corrected chi connectivity index (χ0v) is 34.3. The summed E-state index contributed by atoms with van der Waals surface area (Å²) >= 11 is 0. The van der Waals surface area contributed by atoms with Crippen LogP contribution in [0.15, 0.2) is 200 Å². The van der Waals surface area contributed by atoms with Gasteiger partial charge >= 0.3 is 0 Å². The van der Waals surface area contributed by atoms with E-state index in [2.05, 4.69) is 134 Å².